The van der Waals surface area contributed by atoms with Gasteiger partial charge >= 0.3 is 0 Å². The molecule has 0 saturated heterocycles. The van der Waals surface area contributed by atoms with E-state index in [1.807, 2.05) is 12.5 Å². The van der Waals surface area contributed by atoms with Crippen LogP contribution in [0.2, 0.25) is 0 Å². The van der Waals surface area contributed by atoms with Crippen LogP contribution in [-0.4, -0.2) is 12.6 Å². The van der Waals surface area contributed by atoms with E-state index in [9.17, 15) is 0 Å². The lowest BCUT2D eigenvalue weighted by atomic mass is 10.2. The van der Waals surface area contributed by atoms with Crippen molar-refractivity contribution in [1.29, 1.82) is 0 Å². The molecule has 11 heavy (non-hydrogen) atoms. The van der Waals surface area contributed by atoms with Crippen LogP contribution in [0.4, 0.5) is 0 Å². The van der Waals surface area contributed by atoms with Crippen molar-refractivity contribution in [1.82, 2.24) is 5.32 Å². The summed E-state index contributed by atoms with van der Waals surface area (Å²) in [4.78, 5) is 0. The van der Waals surface area contributed by atoms with Gasteiger partial charge in [0.25, 0.3) is 0 Å². The highest BCUT2D eigenvalue weighted by Crippen LogP contribution is 2.22. The minimum Gasteiger partial charge on any atom is -0.472 e. The smallest absolute Gasteiger partial charge is 0.0938 e. The number of hydrogen-bond donors (Lipinski definition) is 1. The molecule has 1 aliphatic rings. The Hall–Kier alpha value is -0.760. The molecule has 0 amide bonds. The van der Waals surface area contributed by atoms with Crippen molar-refractivity contribution in [2.24, 2.45) is 0 Å². The topological polar surface area (TPSA) is 25.2 Å². The van der Waals surface area contributed by atoms with Crippen molar-refractivity contribution in [3.05, 3.63) is 23.7 Å². The molecule has 2 heteroatoms. The molecule has 0 aliphatic heterocycles. The van der Waals surface area contributed by atoms with E-state index in [2.05, 4.69) is 12.2 Å². The maximum absolute atomic E-state index is 5.09. The predicted octanol–water partition coefficient (Wildman–Crippen LogP) is 1.36. The van der Waals surface area contributed by atoms with Gasteiger partial charge in [0.2, 0.25) is 0 Å². The monoisotopic (exact) mass is 151 g/mol. The normalized spacial score (nSPS) is 17.2. The summed E-state index contributed by atoms with van der Waals surface area (Å²) in [6.45, 7) is 3.21. The minimum atomic E-state index is 0.654. The van der Waals surface area contributed by atoms with Crippen molar-refractivity contribution in [3.8, 4) is 0 Å². The average molecular weight is 151 g/mol. The van der Waals surface area contributed by atoms with Gasteiger partial charge in [-0.25, -0.2) is 0 Å². The first-order chi connectivity index (χ1) is 5.40. The average Bonchev–Trinajstić information content (AvgIpc) is 2.46. The van der Waals surface area contributed by atoms with E-state index in [4.69, 9.17) is 4.42 Å². The molecule has 2 nitrogen and oxygen atoms in total. The SMILES string of the molecule is CCNC1Cc2cocc2C1. The second-order valence-corrected chi connectivity index (χ2v) is 3.09. The zero-order valence-corrected chi connectivity index (χ0v) is 6.76. The highest BCUT2D eigenvalue weighted by Gasteiger charge is 2.21. The van der Waals surface area contributed by atoms with Gasteiger partial charge in [-0.3, -0.25) is 0 Å². The van der Waals surface area contributed by atoms with Crippen LogP contribution in [0.5, 0.6) is 0 Å². The molecule has 2 rings (SSSR count). The summed E-state index contributed by atoms with van der Waals surface area (Å²) in [7, 11) is 0. The second kappa shape index (κ2) is 2.70. The molecule has 0 spiro atoms. The standard InChI is InChI=1S/C9H13NO/c1-2-10-9-3-7-5-11-6-8(7)4-9/h5-6,9-10H,2-4H2,1H3. The Balaban J connectivity index is 2.04. The highest BCUT2D eigenvalue weighted by molar-refractivity contribution is 5.28. The van der Waals surface area contributed by atoms with E-state index in [0.717, 1.165) is 19.4 Å². The van der Waals surface area contributed by atoms with Crippen LogP contribution in [0, 0.1) is 0 Å². The van der Waals surface area contributed by atoms with Gasteiger partial charge in [-0.1, -0.05) is 6.92 Å². The number of furan rings is 1. The quantitative estimate of drug-likeness (QED) is 0.690. The van der Waals surface area contributed by atoms with E-state index in [1.54, 1.807) is 0 Å². The van der Waals surface area contributed by atoms with Crippen molar-refractivity contribution < 1.29 is 4.42 Å². The van der Waals surface area contributed by atoms with E-state index >= 15 is 0 Å². The zero-order valence-electron chi connectivity index (χ0n) is 6.76. The molecule has 0 aromatic carbocycles. The van der Waals surface area contributed by atoms with E-state index < -0.39 is 0 Å². The Bertz CT molecular complexity index is 221. The molecule has 0 radical (unpaired) electrons. The van der Waals surface area contributed by atoms with Gasteiger partial charge in [0.15, 0.2) is 0 Å². The molecule has 1 N–H and O–H groups in total. The maximum atomic E-state index is 5.09. The number of hydrogen-bond acceptors (Lipinski definition) is 2. The molecule has 0 unspecified atom stereocenters. The molecule has 60 valence electrons. The molecule has 0 bridgehead atoms. The summed E-state index contributed by atoms with van der Waals surface area (Å²) in [5.41, 5.74) is 2.77. The van der Waals surface area contributed by atoms with Crippen molar-refractivity contribution >= 4 is 0 Å². The van der Waals surface area contributed by atoms with Gasteiger partial charge in [-0.15, -0.1) is 0 Å². The third-order valence-corrected chi connectivity index (χ3v) is 2.26. The predicted molar refractivity (Wildman–Crippen MR) is 43.6 cm³/mol. The van der Waals surface area contributed by atoms with Gasteiger partial charge in [0, 0.05) is 6.04 Å². The van der Waals surface area contributed by atoms with Crippen LogP contribution < -0.4 is 5.32 Å². The van der Waals surface area contributed by atoms with Crippen molar-refractivity contribution in [2.45, 2.75) is 25.8 Å². The van der Waals surface area contributed by atoms with Gasteiger partial charge in [0.05, 0.1) is 12.5 Å². The van der Waals surface area contributed by atoms with E-state index in [0.29, 0.717) is 6.04 Å². The Labute approximate surface area is 66.6 Å². The van der Waals surface area contributed by atoms with E-state index in [1.165, 1.54) is 11.1 Å². The molecular weight excluding hydrogens is 138 g/mol. The van der Waals surface area contributed by atoms with Crippen LogP contribution >= 0.6 is 0 Å². The summed E-state index contributed by atoms with van der Waals surface area (Å²) in [6.07, 6.45) is 6.01. The van der Waals surface area contributed by atoms with Crippen LogP contribution in [0.25, 0.3) is 0 Å². The molecule has 1 aromatic rings. The summed E-state index contributed by atoms with van der Waals surface area (Å²) < 4.78 is 5.09. The summed E-state index contributed by atoms with van der Waals surface area (Å²) in [6, 6.07) is 0.654. The fourth-order valence-corrected chi connectivity index (χ4v) is 1.74. The third kappa shape index (κ3) is 1.18. The highest BCUT2D eigenvalue weighted by atomic mass is 16.3. The first kappa shape index (κ1) is 6.92. The summed E-state index contributed by atoms with van der Waals surface area (Å²) in [5, 5.41) is 3.44. The second-order valence-electron chi connectivity index (χ2n) is 3.09. The van der Waals surface area contributed by atoms with Crippen LogP contribution in [0.15, 0.2) is 16.9 Å². The molecule has 1 aromatic heterocycles. The maximum Gasteiger partial charge on any atom is 0.0938 e. The Morgan fingerprint density at radius 2 is 2.09 bits per heavy atom. The molecule has 1 aliphatic carbocycles. The molecule has 1 heterocycles. The lowest BCUT2D eigenvalue weighted by Crippen LogP contribution is -2.29. The summed E-state index contributed by atoms with van der Waals surface area (Å²) >= 11 is 0. The lowest BCUT2D eigenvalue weighted by Gasteiger charge is -2.08. The van der Waals surface area contributed by atoms with E-state index in [-0.39, 0.29) is 0 Å². The Morgan fingerprint density at radius 1 is 1.45 bits per heavy atom. The number of rotatable bonds is 2. The number of fused-ring (bicyclic) bond motifs is 1. The Kier molecular flexibility index (Phi) is 1.70. The first-order valence-corrected chi connectivity index (χ1v) is 4.17. The minimum absolute atomic E-state index is 0.654. The fourth-order valence-electron chi connectivity index (χ4n) is 1.74. The van der Waals surface area contributed by atoms with Crippen LogP contribution in [-0.2, 0) is 12.8 Å². The fraction of sp³-hybridized carbons (Fsp3) is 0.556. The molecule has 0 saturated carbocycles. The lowest BCUT2D eigenvalue weighted by molar-refractivity contribution is 0.517. The Morgan fingerprint density at radius 3 is 2.64 bits per heavy atom. The summed E-state index contributed by atoms with van der Waals surface area (Å²) in [5.74, 6) is 0. The van der Waals surface area contributed by atoms with Gasteiger partial charge < -0.3 is 9.73 Å². The molecule has 0 atom stereocenters. The largest absolute Gasteiger partial charge is 0.472 e. The third-order valence-electron chi connectivity index (χ3n) is 2.26. The van der Waals surface area contributed by atoms with Crippen LogP contribution in [0.3, 0.4) is 0 Å². The first-order valence-electron chi connectivity index (χ1n) is 4.17. The van der Waals surface area contributed by atoms with Crippen molar-refractivity contribution in [2.75, 3.05) is 6.54 Å². The van der Waals surface area contributed by atoms with Gasteiger partial charge in [0.1, 0.15) is 0 Å². The van der Waals surface area contributed by atoms with Crippen molar-refractivity contribution in [3.63, 3.8) is 0 Å². The zero-order chi connectivity index (χ0) is 7.68. The number of likely N-dealkylation sites (N-methyl/N-ethyl adjacent to an activating group) is 1. The molecule has 0 fully saturated rings. The number of nitrogens with one attached hydrogen (secondary N) is 1. The van der Waals surface area contributed by atoms with Gasteiger partial charge in [-0.2, -0.15) is 0 Å². The van der Waals surface area contributed by atoms with Gasteiger partial charge in [-0.05, 0) is 30.5 Å². The molecular formula is C9H13NO. The van der Waals surface area contributed by atoms with Crippen LogP contribution in [0.1, 0.15) is 18.1 Å².